The normalized spacial score (nSPS) is 38.9. The average molecular weight is 123 g/mol. The second kappa shape index (κ2) is 1.59. The van der Waals surface area contributed by atoms with E-state index in [1.54, 1.807) is 0 Å². The Morgan fingerprint density at radius 1 is 1.44 bits per heavy atom. The van der Waals surface area contributed by atoms with Gasteiger partial charge in [0.25, 0.3) is 0 Å². The lowest BCUT2D eigenvalue weighted by molar-refractivity contribution is -0.126. The maximum absolute atomic E-state index is 10.9. The van der Waals surface area contributed by atoms with Crippen molar-refractivity contribution in [1.82, 2.24) is 5.32 Å². The van der Waals surface area contributed by atoms with Gasteiger partial charge >= 0.3 is 0 Å². The first-order chi connectivity index (χ1) is 4.36. The van der Waals surface area contributed by atoms with Crippen LogP contribution in [0.15, 0.2) is 12.2 Å². The molecule has 48 valence electrons. The van der Waals surface area contributed by atoms with Gasteiger partial charge in [0.1, 0.15) is 0 Å². The zero-order valence-corrected chi connectivity index (χ0v) is 5.13. The van der Waals surface area contributed by atoms with Crippen LogP contribution in [-0.4, -0.2) is 11.9 Å². The van der Waals surface area contributed by atoms with Crippen LogP contribution < -0.4 is 5.32 Å². The molecule has 0 saturated carbocycles. The van der Waals surface area contributed by atoms with Gasteiger partial charge < -0.3 is 5.32 Å². The Kier molecular flexibility index (Phi) is 0.891. The fraction of sp³-hybridized carbons (Fsp3) is 0.571. The number of rotatable bonds is 0. The summed E-state index contributed by atoms with van der Waals surface area (Å²) in [5, 5.41) is 2.89. The SMILES string of the molecule is O=C1N[C@H]2C=C[C@@H]1CC2. The summed E-state index contributed by atoms with van der Waals surface area (Å²) in [5.74, 6) is 0.406. The van der Waals surface area contributed by atoms with Crippen molar-refractivity contribution in [3.05, 3.63) is 12.2 Å². The van der Waals surface area contributed by atoms with E-state index in [2.05, 4.69) is 11.4 Å². The van der Waals surface area contributed by atoms with E-state index in [9.17, 15) is 4.79 Å². The lowest BCUT2D eigenvalue weighted by Gasteiger charge is -2.30. The van der Waals surface area contributed by atoms with E-state index in [-0.39, 0.29) is 11.8 Å². The van der Waals surface area contributed by atoms with Crippen LogP contribution in [0, 0.1) is 5.92 Å². The molecule has 2 atom stereocenters. The van der Waals surface area contributed by atoms with Crippen molar-refractivity contribution in [2.24, 2.45) is 5.92 Å². The van der Waals surface area contributed by atoms with Crippen LogP contribution in [0.4, 0.5) is 0 Å². The lowest BCUT2D eigenvalue weighted by Crippen LogP contribution is -2.45. The van der Waals surface area contributed by atoms with Crippen LogP contribution in [0.2, 0.25) is 0 Å². The molecule has 2 heterocycles. The molecule has 1 N–H and O–H groups in total. The number of carbonyl (C=O) groups is 1. The molecule has 3 aliphatic rings. The number of piperidine rings is 1. The molecule has 0 radical (unpaired) electrons. The van der Waals surface area contributed by atoms with Gasteiger partial charge in [-0.15, -0.1) is 0 Å². The Balaban J connectivity index is 2.29. The highest BCUT2D eigenvalue weighted by Gasteiger charge is 2.28. The summed E-state index contributed by atoms with van der Waals surface area (Å²) in [6.45, 7) is 0. The van der Waals surface area contributed by atoms with E-state index < -0.39 is 0 Å². The smallest absolute Gasteiger partial charge is 0.227 e. The van der Waals surface area contributed by atoms with Crippen molar-refractivity contribution in [3.63, 3.8) is 0 Å². The number of hydrogen-bond donors (Lipinski definition) is 1. The Hall–Kier alpha value is -0.790. The third-order valence-corrected chi connectivity index (χ3v) is 2.03. The maximum atomic E-state index is 10.9. The molecule has 2 aliphatic heterocycles. The van der Waals surface area contributed by atoms with Crippen LogP contribution in [0.5, 0.6) is 0 Å². The van der Waals surface area contributed by atoms with Gasteiger partial charge in [-0.2, -0.15) is 0 Å². The number of carbonyl (C=O) groups excluding carboxylic acids is 1. The Labute approximate surface area is 53.9 Å². The minimum atomic E-state index is 0.190. The molecule has 3 rings (SSSR count). The van der Waals surface area contributed by atoms with Gasteiger partial charge in [-0.25, -0.2) is 0 Å². The Morgan fingerprint density at radius 3 is 2.56 bits per heavy atom. The van der Waals surface area contributed by atoms with Crippen molar-refractivity contribution in [2.75, 3.05) is 0 Å². The highest BCUT2D eigenvalue weighted by molar-refractivity contribution is 5.83. The molecule has 2 nitrogen and oxygen atoms in total. The van der Waals surface area contributed by atoms with E-state index in [4.69, 9.17) is 0 Å². The van der Waals surface area contributed by atoms with Gasteiger partial charge in [0.15, 0.2) is 0 Å². The van der Waals surface area contributed by atoms with Crippen molar-refractivity contribution < 1.29 is 4.79 Å². The van der Waals surface area contributed by atoms with Crippen LogP contribution in [0.3, 0.4) is 0 Å². The van der Waals surface area contributed by atoms with Crippen molar-refractivity contribution in [2.45, 2.75) is 18.9 Å². The molecule has 2 bridgehead atoms. The second-order valence-corrected chi connectivity index (χ2v) is 2.68. The molecule has 0 aromatic heterocycles. The summed E-state index contributed by atoms with van der Waals surface area (Å²) in [6.07, 6.45) is 6.29. The lowest BCUT2D eigenvalue weighted by atomic mass is 9.87. The number of amides is 1. The highest BCUT2D eigenvalue weighted by atomic mass is 16.2. The summed E-state index contributed by atoms with van der Waals surface area (Å²) in [4.78, 5) is 10.9. The zero-order chi connectivity index (χ0) is 6.27. The van der Waals surface area contributed by atoms with E-state index in [0.717, 1.165) is 12.8 Å². The fourth-order valence-electron chi connectivity index (χ4n) is 1.45. The molecule has 2 heteroatoms. The molecule has 1 fully saturated rings. The van der Waals surface area contributed by atoms with Crippen molar-refractivity contribution in [1.29, 1.82) is 0 Å². The minimum Gasteiger partial charge on any atom is -0.349 e. The topological polar surface area (TPSA) is 29.1 Å². The first kappa shape index (κ1) is 5.03. The maximum Gasteiger partial charge on any atom is 0.227 e. The third kappa shape index (κ3) is 0.661. The number of hydrogen-bond acceptors (Lipinski definition) is 1. The van der Waals surface area contributed by atoms with E-state index in [1.165, 1.54) is 0 Å². The first-order valence-electron chi connectivity index (χ1n) is 3.35. The number of fused-ring (bicyclic) bond motifs is 2. The van der Waals surface area contributed by atoms with E-state index in [1.807, 2.05) is 6.08 Å². The summed E-state index contributed by atoms with van der Waals surface area (Å²) in [6, 6.07) is 0.350. The van der Waals surface area contributed by atoms with Gasteiger partial charge in [0.05, 0.1) is 5.92 Å². The quantitative estimate of drug-likeness (QED) is 0.465. The van der Waals surface area contributed by atoms with Crippen LogP contribution in [-0.2, 0) is 4.79 Å². The van der Waals surface area contributed by atoms with Gasteiger partial charge in [-0.1, -0.05) is 12.2 Å². The molecule has 0 aromatic rings. The fourth-order valence-corrected chi connectivity index (χ4v) is 1.45. The van der Waals surface area contributed by atoms with Crippen molar-refractivity contribution in [3.8, 4) is 0 Å². The summed E-state index contributed by atoms with van der Waals surface area (Å²) in [7, 11) is 0. The molecule has 0 spiro atoms. The summed E-state index contributed by atoms with van der Waals surface area (Å²) >= 11 is 0. The van der Waals surface area contributed by atoms with Crippen LogP contribution in [0.1, 0.15) is 12.8 Å². The second-order valence-electron chi connectivity index (χ2n) is 2.68. The molecule has 1 saturated heterocycles. The average Bonchev–Trinajstić information content (AvgIpc) is 1.90. The molecule has 1 aliphatic carbocycles. The molecular weight excluding hydrogens is 114 g/mol. The predicted octanol–water partition coefficient (Wildman–Crippen LogP) is 0.451. The number of nitrogens with one attached hydrogen (secondary N) is 1. The van der Waals surface area contributed by atoms with Gasteiger partial charge in [0, 0.05) is 6.04 Å². The Morgan fingerprint density at radius 2 is 2.33 bits per heavy atom. The molecule has 0 unspecified atom stereocenters. The summed E-state index contributed by atoms with van der Waals surface area (Å²) < 4.78 is 0. The van der Waals surface area contributed by atoms with Crippen LogP contribution in [0.25, 0.3) is 0 Å². The molecular formula is C7H9NO. The van der Waals surface area contributed by atoms with Gasteiger partial charge in [-0.3, -0.25) is 4.79 Å². The van der Waals surface area contributed by atoms with E-state index in [0.29, 0.717) is 6.04 Å². The van der Waals surface area contributed by atoms with Gasteiger partial charge in [0.2, 0.25) is 5.91 Å². The minimum absolute atomic E-state index is 0.190. The van der Waals surface area contributed by atoms with Crippen molar-refractivity contribution >= 4 is 5.91 Å². The van der Waals surface area contributed by atoms with Crippen LogP contribution >= 0.6 is 0 Å². The third-order valence-electron chi connectivity index (χ3n) is 2.03. The standard InChI is InChI=1S/C7H9NO/c9-7-5-1-3-6(8-7)4-2-5/h1,3,5-6H,2,4H2,(H,8,9)/t5-,6+/m1/s1. The van der Waals surface area contributed by atoms with Gasteiger partial charge in [-0.05, 0) is 12.8 Å². The van der Waals surface area contributed by atoms with E-state index >= 15 is 0 Å². The molecule has 1 amide bonds. The first-order valence-corrected chi connectivity index (χ1v) is 3.35. The molecule has 9 heavy (non-hydrogen) atoms. The zero-order valence-electron chi connectivity index (χ0n) is 5.13. The highest BCUT2D eigenvalue weighted by Crippen LogP contribution is 2.22. The largest absolute Gasteiger partial charge is 0.349 e. The molecule has 0 aromatic carbocycles. The monoisotopic (exact) mass is 123 g/mol. The predicted molar refractivity (Wildman–Crippen MR) is 33.8 cm³/mol. The Bertz CT molecular complexity index is 174. The summed E-state index contributed by atoms with van der Waals surface area (Å²) in [5.41, 5.74) is 0.